The summed E-state index contributed by atoms with van der Waals surface area (Å²) in [6.45, 7) is 3.64. The number of carbonyl (C=O) groups is 1. The van der Waals surface area contributed by atoms with Gasteiger partial charge in [-0.25, -0.2) is 8.42 Å². The van der Waals surface area contributed by atoms with Gasteiger partial charge in [-0.15, -0.1) is 0 Å². The molecule has 1 N–H and O–H groups in total. The smallest absolute Gasteiger partial charge is 0.321 e. The third kappa shape index (κ3) is 3.73. The first-order valence-electron chi connectivity index (χ1n) is 6.72. The minimum atomic E-state index is -4.80. The number of amides is 1. The Morgan fingerprint density at radius 2 is 1.61 bits per heavy atom. The quantitative estimate of drug-likeness (QED) is 0.926. The number of sulfone groups is 1. The van der Waals surface area contributed by atoms with Crippen molar-refractivity contribution >= 4 is 21.4 Å². The molecule has 0 aliphatic carbocycles. The average molecular weight is 339 g/mol. The van der Waals surface area contributed by atoms with Crippen molar-refractivity contribution in [3.63, 3.8) is 0 Å². The van der Waals surface area contributed by atoms with E-state index >= 15 is 0 Å². The molecular weight excluding hydrogens is 324 g/mol. The summed E-state index contributed by atoms with van der Waals surface area (Å²) in [6.07, 6.45) is 0. The van der Waals surface area contributed by atoms with Crippen LogP contribution in [0, 0.1) is 13.8 Å². The van der Waals surface area contributed by atoms with Crippen molar-refractivity contribution in [3.8, 4) is 0 Å². The van der Waals surface area contributed by atoms with Crippen molar-refractivity contribution in [2.24, 2.45) is 0 Å². The Morgan fingerprint density at radius 3 is 2.17 bits per heavy atom. The van der Waals surface area contributed by atoms with Crippen molar-refractivity contribution in [2.45, 2.75) is 24.5 Å². The number of benzene rings is 2. The zero-order valence-electron chi connectivity index (χ0n) is 12.5. The summed E-state index contributed by atoms with van der Waals surface area (Å²) in [5.41, 5.74) is 1.89. The number of carbonyl (C=O) groups excluding carboxylic acids is 1. The minimum Gasteiger partial charge on any atom is -0.321 e. The summed E-state index contributed by atoms with van der Waals surface area (Å²) in [7, 11) is -4.80. The van der Waals surface area contributed by atoms with Crippen LogP contribution >= 0.6 is 0 Å². The minimum absolute atomic E-state index is 0.169. The molecule has 0 saturated heterocycles. The lowest BCUT2D eigenvalue weighted by Gasteiger charge is -2.12. The lowest BCUT2D eigenvalue weighted by Crippen LogP contribution is -2.18. The van der Waals surface area contributed by atoms with Crippen LogP contribution in [0.5, 0.6) is 0 Å². The van der Waals surface area contributed by atoms with Crippen molar-refractivity contribution in [1.82, 2.24) is 0 Å². The molecule has 122 valence electrons. The van der Waals surface area contributed by atoms with Crippen LogP contribution in [-0.2, 0) is 9.84 Å². The van der Waals surface area contributed by atoms with Gasteiger partial charge in [0.15, 0.2) is 0 Å². The monoisotopic (exact) mass is 339 g/mol. The van der Waals surface area contributed by atoms with Crippen LogP contribution in [0.3, 0.4) is 0 Å². The molecule has 23 heavy (non-hydrogen) atoms. The van der Waals surface area contributed by atoms with E-state index in [1.807, 2.05) is 19.9 Å². The molecular formula is C16H15F2NO3S. The Kier molecular flexibility index (Phi) is 4.79. The normalized spacial score (nSPS) is 11.5. The summed E-state index contributed by atoms with van der Waals surface area (Å²) in [6, 6.07) is 10.2. The van der Waals surface area contributed by atoms with Gasteiger partial charge in [-0.3, -0.25) is 4.79 Å². The largest absolute Gasteiger partial charge is 0.341 e. The predicted molar refractivity (Wildman–Crippen MR) is 83.5 cm³/mol. The van der Waals surface area contributed by atoms with Crippen molar-refractivity contribution in [3.05, 3.63) is 59.2 Å². The SMILES string of the molecule is Cc1cc(C)cc(C(=O)Nc2ccccc2S(=O)(=O)C(F)F)c1. The fourth-order valence-electron chi connectivity index (χ4n) is 2.21. The van der Waals surface area contributed by atoms with E-state index in [4.69, 9.17) is 0 Å². The molecule has 0 aromatic heterocycles. The molecule has 0 bridgehead atoms. The van der Waals surface area contributed by atoms with Crippen molar-refractivity contribution in [1.29, 1.82) is 0 Å². The average Bonchev–Trinajstić information content (AvgIpc) is 2.46. The molecule has 0 unspecified atom stereocenters. The lowest BCUT2D eigenvalue weighted by molar-refractivity contribution is 0.102. The number of rotatable bonds is 4. The maximum Gasteiger partial charge on any atom is 0.341 e. The second kappa shape index (κ2) is 6.45. The maximum atomic E-state index is 12.7. The summed E-state index contributed by atoms with van der Waals surface area (Å²) in [4.78, 5) is 11.7. The highest BCUT2D eigenvalue weighted by Crippen LogP contribution is 2.26. The molecule has 0 atom stereocenters. The van der Waals surface area contributed by atoms with Gasteiger partial charge in [0.05, 0.1) is 10.6 Å². The Bertz CT molecular complexity index is 828. The van der Waals surface area contributed by atoms with E-state index < -0.39 is 26.4 Å². The summed E-state index contributed by atoms with van der Waals surface area (Å²) in [5, 5.41) is 2.39. The van der Waals surface area contributed by atoms with Crippen molar-refractivity contribution in [2.75, 3.05) is 5.32 Å². The van der Waals surface area contributed by atoms with Gasteiger partial charge in [-0.2, -0.15) is 8.78 Å². The molecule has 0 saturated carbocycles. The number of hydrogen-bond acceptors (Lipinski definition) is 3. The number of aryl methyl sites for hydroxylation is 2. The van der Waals surface area contributed by atoms with Crippen LogP contribution in [0.2, 0.25) is 0 Å². The van der Waals surface area contributed by atoms with E-state index in [1.165, 1.54) is 18.2 Å². The molecule has 2 aromatic rings. The molecule has 0 radical (unpaired) electrons. The highest BCUT2D eigenvalue weighted by atomic mass is 32.2. The van der Waals surface area contributed by atoms with Gasteiger partial charge in [0, 0.05) is 5.56 Å². The van der Waals surface area contributed by atoms with E-state index in [2.05, 4.69) is 5.32 Å². The topological polar surface area (TPSA) is 63.2 Å². The molecule has 4 nitrogen and oxygen atoms in total. The number of anilines is 1. The van der Waals surface area contributed by atoms with E-state index in [9.17, 15) is 22.0 Å². The maximum absolute atomic E-state index is 12.7. The van der Waals surface area contributed by atoms with Crippen LogP contribution in [0.15, 0.2) is 47.4 Å². The standard InChI is InChI=1S/C16H15F2NO3S/c1-10-7-11(2)9-12(8-10)15(20)19-13-5-3-4-6-14(13)23(21,22)16(17)18/h3-9,16H,1-2H3,(H,19,20). The zero-order chi connectivity index (χ0) is 17.2. The third-order valence-electron chi connectivity index (χ3n) is 3.16. The van der Waals surface area contributed by atoms with E-state index in [-0.39, 0.29) is 5.69 Å². The van der Waals surface area contributed by atoms with Gasteiger partial charge in [0.25, 0.3) is 5.91 Å². The van der Waals surface area contributed by atoms with E-state index in [0.717, 1.165) is 17.2 Å². The van der Waals surface area contributed by atoms with Crippen LogP contribution in [0.1, 0.15) is 21.5 Å². The second-order valence-electron chi connectivity index (χ2n) is 5.13. The summed E-state index contributed by atoms with van der Waals surface area (Å²) >= 11 is 0. The first kappa shape index (κ1) is 17.1. The van der Waals surface area contributed by atoms with Crippen LogP contribution in [0.25, 0.3) is 0 Å². The number of halogens is 2. The molecule has 0 spiro atoms. The molecule has 2 aromatic carbocycles. The molecule has 0 aliphatic heterocycles. The van der Waals surface area contributed by atoms with Gasteiger partial charge in [0.1, 0.15) is 0 Å². The zero-order valence-corrected chi connectivity index (χ0v) is 13.3. The first-order chi connectivity index (χ1) is 10.7. The van der Waals surface area contributed by atoms with Crippen LogP contribution in [0.4, 0.5) is 14.5 Å². The fraction of sp³-hybridized carbons (Fsp3) is 0.188. The summed E-state index contributed by atoms with van der Waals surface area (Å²) in [5.74, 6) is -4.12. The molecule has 0 fully saturated rings. The summed E-state index contributed by atoms with van der Waals surface area (Å²) < 4.78 is 48.8. The first-order valence-corrected chi connectivity index (χ1v) is 8.27. The Balaban J connectivity index is 2.40. The number of para-hydroxylation sites is 1. The Morgan fingerprint density at radius 1 is 1.04 bits per heavy atom. The van der Waals surface area contributed by atoms with E-state index in [0.29, 0.717) is 5.56 Å². The van der Waals surface area contributed by atoms with Gasteiger partial charge in [-0.05, 0) is 38.1 Å². The van der Waals surface area contributed by atoms with Gasteiger partial charge in [-0.1, -0.05) is 29.3 Å². The molecule has 0 aliphatic rings. The highest BCUT2D eigenvalue weighted by molar-refractivity contribution is 7.91. The number of alkyl halides is 2. The van der Waals surface area contributed by atoms with Crippen molar-refractivity contribution < 1.29 is 22.0 Å². The second-order valence-corrected chi connectivity index (χ2v) is 7.02. The van der Waals surface area contributed by atoms with Crippen LogP contribution in [-0.4, -0.2) is 20.1 Å². The molecule has 0 heterocycles. The molecule has 7 heteroatoms. The molecule has 1 amide bonds. The predicted octanol–water partition coefficient (Wildman–Crippen LogP) is 3.55. The number of nitrogens with one attached hydrogen (secondary N) is 1. The fourth-order valence-corrected chi connectivity index (χ4v) is 3.10. The highest BCUT2D eigenvalue weighted by Gasteiger charge is 2.29. The lowest BCUT2D eigenvalue weighted by atomic mass is 10.1. The van der Waals surface area contributed by atoms with Gasteiger partial charge >= 0.3 is 5.76 Å². The Hall–Kier alpha value is -2.28. The number of hydrogen-bond donors (Lipinski definition) is 1. The Labute approximate surface area is 133 Å². The van der Waals surface area contributed by atoms with Gasteiger partial charge < -0.3 is 5.32 Å². The third-order valence-corrected chi connectivity index (χ3v) is 4.60. The van der Waals surface area contributed by atoms with E-state index in [1.54, 1.807) is 12.1 Å². The van der Waals surface area contributed by atoms with Crippen LogP contribution < -0.4 is 5.32 Å². The molecule has 2 rings (SSSR count). The van der Waals surface area contributed by atoms with Gasteiger partial charge in [0.2, 0.25) is 9.84 Å².